The van der Waals surface area contributed by atoms with Crippen LogP contribution in [0.15, 0.2) is 29.6 Å². The fraction of sp³-hybridized carbons (Fsp3) is 0.476. The first-order valence-electron chi connectivity index (χ1n) is 9.53. The maximum absolute atomic E-state index is 12.8. The van der Waals surface area contributed by atoms with E-state index in [0.717, 1.165) is 30.5 Å². The number of nitrogens with zero attached hydrogens (tertiary/aromatic N) is 1. The molecule has 2 aromatic rings. The Bertz CT molecular complexity index is 859. The summed E-state index contributed by atoms with van der Waals surface area (Å²) in [5.74, 6) is -1.19. The Morgan fingerprint density at radius 1 is 1.15 bits per heavy atom. The van der Waals surface area contributed by atoms with Crippen molar-refractivity contribution in [2.45, 2.75) is 39.0 Å². The van der Waals surface area contributed by atoms with Gasteiger partial charge in [0.15, 0.2) is 5.13 Å². The number of benzene rings is 1. The van der Waals surface area contributed by atoms with Gasteiger partial charge in [-0.15, -0.1) is 11.3 Å². The number of carbonyl (C=O) groups is 2. The summed E-state index contributed by atoms with van der Waals surface area (Å²) in [6.07, 6.45) is 2.75. The second kappa shape index (κ2) is 7.08. The molecule has 1 amide bonds. The standard InChI is InChI=1S/C21H24N2O3S/c1-11(2)12-3-5-13(6-4-12)16-10-27-21(22-16)23-19(24)17-14-7-8-15(9-14)18(17)20(25)26/h3-6,10-11,14-15,17-18H,7-9H2,1-2H3,(H,25,26)(H,22,23,24)/t14-,15-,17+,18-/m0/s1. The minimum absolute atomic E-state index is 0.148. The number of aromatic nitrogens is 1. The van der Waals surface area contributed by atoms with Crippen molar-refractivity contribution in [2.24, 2.45) is 23.7 Å². The van der Waals surface area contributed by atoms with Gasteiger partial charge < -0.3 is 10.4 Å². The summed E-state index contributed by atoms with van der Waals surface area (Å²) < 4.78 is 0. The molecule has 0 radical (unpaired) electrons. The smallest absolute Gasteiger partial charge is 0.307 e. The number of carbonyl (C=O) groups excluding carboxylic acids is 1. The molecule has 142 valence electrons. The number of carboxylic acid groups (broad SMARTS) is 1. The van der Waals surface area contributed by atoms with Crippen molar-refractivity contribution in [3.05, 3.63) is 35.2 Å². The first-order chi connectivity index (χ1) is 12.9. The molecule has 4 atom stereocenters. The van der Waals surface area contributed by atoms with E-state index in [1.165, 1.54) is 16.9 Å². The van der Waals surface area contributed by atoms with Crippen LogP contribution in [0.2, 0.25) is 0 Å². The number of aliphatic carboxylic acids is 1. The molecule has 0 spiro atoms. The molecule has 2 saturated carbocycles. The molecule has 0 aliphatic heterocycles. The highest BCUT2D eigenvalue weighted by molar-refractivity contribution is 7.14. The molecule has 4 rings (SSSR count). The van der Waals surface area contributed by atoms with Crippen molar-refractivity contribution in [2.75, 3.05) is 5.32 Å². The molecule has 0 saturated heterocycles. The second-order valence-corrected chi connectivity index (χ2v) is 8.88. The number of carboxylic acids is 1. The topological polar surface area (TPSA) is 79.3 Å². The van der Waals surface area contributed by atoms with Crippen molar-refractivity contribution in [1.29, 1.82) is 0 Å². The van der Waals surface area contributed by atoms with Crippen LogP contribution in [-0.2, 0) is 9.59 Å². The third kappa shape index (κ3) is 3.38. The highest BCUT2D eigenvalue weighted by Crippen LogP contribution is 2.52. The minimum Gasteiger partial charge on any atom is -0.481 e. The van der Waals surface area contributed by atoms with Gasteiger partial charge in [0.05, 0.1) is 17.5 Å². The van der Waals surface area contributed by atoms with E-state index in [0.29, 0.717) is 11.0 Å². The molecular formula is C21H24N2O3S. The van der Waals surface area contributed by atoms with Crippen molar-refractivity contribution in [3.63, 3.8) is 0 Å². The van der Waals surface area contributed by atoms with Gasteiger partial charge in [-0.25, -0.2) is 4.98 Å². The lowest BCUT2D eigenvalue weighted by Gasteiger charge is -2.26. The van der Waals surface area contributed by atoms with Gasteiger partial charge in [0.2, 0.25) is 5.91 Å². The summed E-state index contributed by atoms with van der Waals surface area (Å²) in [5, 5.41) is 14.9. The third-order valence-corrected chi connectivity index (χ3v) is 6.87. The fourth-order valence-electron chi connectivity index (χ4n) is 4.72. The summed E-state index contributed by atoms with van der Waals surface area (Å²) in [7, 11) is 0. The first-order valence-corrected chi connectivity index (χ1v) is 10.4. The molecule has 2 bridgehead atoms. The van der Waals surface area contributed by atoms with Crippen LogP contribution in [0.3, 0.4) is 0 Å². The number of anilines is 1. The molecule has 5 nitrogen and oxygen atoms in total. The fourth-order valence-corrected chi connectivity index (χ4v) is 5.44. The minimum atomic E-state index is -0.840. The quantitative estimate of drug-likeness (QED) is 0.788. The lowest BCUT2D eigenvalue weighted by molar-refractivity contribution is -0.148. The third-order valence-electron chi connectivity index (χ3n) is 6.11. The lowest BCUT2D eigenvalue weighted by Crippen LogP contribution is -2.37. The number of thiazole rings is 1. The van der Waals surface area contributed by atoms with Crippen LogP contribution in [-0.4, -0.2) is 22.0 Å². The molecule has 2 N–H and O–H groups in total. The number of rotatable bonds is 5. The van der Waals surface area contributed by atoms with E-state index in [1.807, 2.05) is 17.5 Å². The van der Waals surface area contributed by atoms with Gasteiger partial charge in [0.1, 0.15) is 0 Å². The summed E-state index contributed by atoms with van der Waals surface area (Å²) in [6, 6.07) is 8.30. The highest BCUT2D eigenvalue weighted by atomic mass is 32.1. The molecule has 1 aromatic carbocycles. The highest BCUT2D eigenvalue weighted by Gasteiger charge is 2.54. The Morgan fingerprint density at radius 2 is 1.81 bits per heavy atom. The molecule has 2 aliphatic carbocycles. The molecule has 27 heavy (non-hydrogen) atoms. The van der Waals surface area contributed by atoms with Gasteiger partial charge in [-0.1, -0.05) is 38.1 Å². The van der Waals surface area contributed by atoms with Crippen molar-refractivity contribution < 1.29 is 14.7 Å². The van der Waals surface area contributed by atoms with Crippen LogP contribution in [0, 0.1) is 23.7 Å². The summed E-state index contributed by atoms with van der Waals surface area (Å²) in [6.45, 7) is 4.32. The second-order valence-electron chi connectivity index (χ2n) is 8.03. The van der Waals surface area contributed by atoms with E-state index in [2.05, 4.69) is 36.3 Å². The Hall–Kier alpha value is -2.21. The Kier molecular flexibility index (Phi) is 4.76. The van der Waals surface area contributed by atoms with Gasteiger partial charge in [-0.2, -0.15) is 0 Å². The largest absolute Gasteiger partial charge is 0.481 e. The van der Waals surface area contributed by atoms with E-state index >= 15 is 0 Å². The molecule has 6 heteroatoms. The number of hydrogen-bond donors (Lipinski definition) is 2. The Balaban J connectivity index is 1.47. The monoisotopic (exact) mass is 384 g/mol. The number of amides is 1. The first kappa shape index (κ1) is 18.2. The van der Waals surface area contributed by atoms with E-state index < -0.39 is 17.8 Å². The van der Waals surface area contributed by atoms with Crippen molar-refractivity contribution in [3.8, 4) is 11.3 Å². The van der Waals surface area contributed by atoms with E-state index in [9.17, 15) is 14.7 Å². The van der Waals surface area contributed by atoms with E-state index in [-0.39, 0.29) is 17.7 Å². The maximum atomic E-state index is 12.8. The van der Waals surface area contributed by atoms with Crippen molar-refractivity contribution >= 4 is 28.3 Å². The number of fused-ring (bicyclic) bond motifs is 2. The zero-order valence-corrected chi connectivity index (χ0v) is 16.3. The maximum Gasteiger partial charge on any atom is 0.307 e. The zero-order valence-electron chi connectivity index (χ0n) is 15.5. The SMILES string of the molecule is CC(C)c1ccc(-c2csc(NC(=O)[C@@H]3[C@H]4CC[C@@H](C4)[C@@H]3C(=O)O)n2)cc1. The Labute approximate surface area is 162 Å². The average Bonchev–Trinajstić information content (AvgIpc) is 3.37. The number of hydrogen-bond acceptors (Lipinski definition) is 4. The van der Waals surface area contributed by atoms with Gasteiger partial charge in [-0.3, -0.25) is 9.59 Å². The summed E-state index contributed by atoms with van der Waals surface area (Å²) in [4.78, 5) is 28.9. The van der Waals surface area contributed by atoms with Crippen LogP contribution >= 0.6 is 11.3 Å². The van der Waals surface area contributed by atoms with E-state index in [4.69, 9.17) is 0 Å². The molecule has 0 unspecified atom stereocenters. The van der Waals surface area contributed by atoms with Crippen LogP contribution < -0.4 is 5.32 Å². The summed E-state index contributed by atoms with van der Waals surface area (Å²) >= 11 is 1.38. The van der Waals surface area contributed by atoms with Crippen molar-refractivity contribution in [1.82, 2.24) is 4.98 Å². The molecule has 2 fully saturated rings. The predicted octanol–water partition coefficient (Wildman–Crippen LogP) is 4.62. The van der Waals surface area contributed by atoms with E-state index in [1.54, 1.807) is 0 Å². The van der Waals surface area contributed by atoms with Crippen LogP contribution in [0.4, 0.5) is 5.13 Å². The molecule has 1 aromatic heterocycles. The van der Waals surface area contributed by atoms with Crippen LogP contribution in [0.5, 0.6) is 0 Å². The number of nitrogens with one attached hydrogen (secondary N) is 1. The van der Waals surface area contributed by atoms with Gasteiger partial charge in [0, 0.05) is 10.9 Å². The Morgan fingerprint density at radius 3 is 2.44 bits per heavy atom. The predicted molar refractivity (Wildman–Crippen MR) is 106 cm³/mol. The molecule has 2 aliphatic rings. The lowest BCUT2D eigenvalue weighted by atomic mass is 9.79. The van der Waals surface area contributed by atoms with Crippen LogP contribution in [0.25, 0.3) is 11.3 Å². The zero-order chi connectivity index (χ0) is 19.1. The molecule has 1 heterocycles. The average molecular weight is 385 g/mol. The molecular weight excluding hydrogens is 360 g/mol. The van der Waals surface area contributed by atoms with Gasteiger partial charge >= 0.3 is 5.97 Å². The van der Waals surface area contributed by atoms with Crippen LogP contribution in [0.1, 0.15) is 44.6 Å². The normalized spacial score (nSPS) is 26.5. The van der Waals surface area contributed by atoms with Gasteiger partial charge in [-0.05, 0) is 42.6 Å². The van der Waals surface area contributed by atoms with Gasteiger partial charge in [0.25, 0.3) is 0 Å². The summed E-state index contributed by atoms with van der Waals surface area (Å²) in [5.41, 5.74) is 3.12.